The Labute approximate surface area is 94.9 Å². The molecule has 1 aromatic carbocycles. The first kappa shape index (κ1) is 11.9. The molecule has 1 rings (SSSR count). The maximum Gasteiger partial charge on any atom is 0.242 e. The molecule has 80 valence electrons. The van der Waals surface area contributed by atoms with E-state index in [0.29, 0.717) is 6.54 Å². The number of hydrogen-bond acceptors (Lipinski definition) is 4. The SMILES string of the molecule is N#CC(C#N)N=NCCCc1ccccc1. The Morgan fingerprint density at radius 3 is 2.44 bits per heavy atom. The molecule has 0 atom stereocenters. The van der Waals surface area contributed by atoms with E-state index in [0.717, 1.165) is 12.8 Å². The summed E-state index contributed by atoms with van der Waals surface area (Å²) in [7, 11) is 0. The van der Waals surface area contributed by atoms with Gasteiger partial charge in [0.25, 0.3) is 0 Å². The van der Waals surface area contributed by atoms with Crippen LogP contribution in [0.25, 0.3) is 0 Å². The minimum Gasteiger partial charge on any atom is -0.195 e. The van der Waals surface area contributed by atoms with Gasteiger partial charge in [0, 0.05) is 0 Å². The first-order valence-electron chi connectivity index (χ1n) is 5.06. The third-order valence-corrected chi connectivity index (χ3v) is 2.01. The summed E-state index contributed by atoms with van der Waals surface area (Å²) in [5.74, 6) is 0. The summed E-state index contributed by atoms with van der Waals surface area (Å²) in [5, 5.41) is 24.3. The molecule has 0 fully saturated rings. The van der Waals surface area contributed by atoms with Crippen LogP contribution in [0.2, 0.25) is 0 Å². The molecular weight excluding hydrogens is 200 g/mol. The van der Waals surface area contributed by atoms with Crippen molar-refractivity contribution < 1.29 is 0 Å². The van der Waals surface area contributed by atoms with Gasteiger partial charge in [-0.25, -0.2) is 0 Å². The van der Waals surface area contributed by atoms with E-state index >= 15 is 0 Å². The van der Waals surface area contributed by atoms with E-state index in [1.807, 2.05) is 18.2 Å². The van der Waals surface area contributed by atoms with Gasteiger partial charge in [0.05, 0.1) is 6.54 Å². The van der Waals surface area contributed by atoms with Crippen LogP contribution >= 0.6 is 0 Å². The van der Waals surface area contributed by atoms with Gasteiger partial charge in [-0.15, -0.1) is 0 Å². The molecule has 1 aromatic rings. The van der Waals surface area contributed by atoms with Crippen LogP contribution in [0, 0.1) is 22.7 Å². The summed E-state index contributed by atoms with van der Waals surface area (Å²) in [6.45, 7) is 0.550. The van der Waals surface area contributed by atoms with Crippen molar-refractivity contribution in [3.63, 3.8) is 0 Å². The molecule has 0 aromatic heterocycles. The molecule has 0 heterocycles. The Kier molecular flexibility index (Phi) is 5.30. The summed E-state index contributed by atoms with van der Waals surface area (Å²) in [6, 6.07) is 12.6. The lowest BCUT2D eigenvalue weighted by molar-refractivity contribution is 0.767. The van der Waals surface area contributed by atoms with Crippen molar-refractivity contribution in [1.29, 1.82) is 10.5 Å². The Bertz CT molecular complexity index is 397. The van der Waals surface area contributed by atoms with Crippen molar-refractivity contribution in [2.75, 3.05) is 6.54 Å². The largest absolute Gasteiger partial charge is 0.242 e. The Hall–Kier alpha value is -2.20. The molecule has 0 bridgehead atoms. The van der Waals surface area contributed by atoms with E-state index in [2.05, 4.69) is 22.4 Å². The van der Waals surface area contributed by atoms with Crippen LogP contribution in [-0.2, 0) is 6.42 Å². The van der Waals surface area contributed by atoms with E-state index in [4.69, 9.17) is 10.5 Å². The monoisotopic (exact) mass is 212 g/mol. The summed E-state index contributed by atoms with van der Waals surface area (Å²) in [5.41, 5.74) is 1.26. The van der Waals surface area contributed by atoms with Crippen LogP contribution < -0.4 is 0 Å². The molecule has 0 amide bonds. The molecular formula is C12H12N4. The fourth-order valence-corrected chi connectivity index (χ4v) is 1.22. The van der Waals surface area contributed by atoms with E-state index in [-0.39, 0.29) is 0 Å². The Balaban J connectivity index is 2.23. The lowest BCUT2D eigenvalue weighted by Crippen LogP contribution is -1.94. The number of nitriles is 2. The van der Waals surface area contributed by atoms with Crippen molar-refractivity contribution in [2.24, 2.45) is 10.2 Å². The predicted molar refractivity (Wildman–Crippen MR) is 59.5 cm³/mol. The van der Waals surface area contributed by atoms with Crippen molar-refractivity contribution >= 4 is 0 Å². The van der Waals surface area contributed by atoms with Gasteiger partial charge in [-0.05, 0) is 18.4 Å². The minimum atomic E-state index is -0.961. The van der Waals surface area contributed by atoms with Gasteiger partial charge in [0.2, 0.25) is 6.04 Å². The lowest BCUT2D eigenvalue weighted by atomic mass is 10.1. The van der Waals surface area contributed by atoms with Crippen molar-refractivity contribution in [2.45, 2.75) is 18.9 Å². The Morgan fingerprint density at radius 2 is 1.81 bits per heavy atom. The molecule has 0 saturated heterocycles. The van der Waals surface area contributed by atoms with Gasteiger partial charge in [0.15, 0.2) is 0 Å². The number of nitrogens with zero attached hydrogens (tertiary/aromatic N) is 4. The van der Waals surface area contributed by atoms with Crippen LogP contribution in [0.4, 0.5) is 0 Å². The fourth-order valence-electron chi connectivity index (χ4n) is 1.22. The first-order valence-corrected chi connectivity index (χ1v) is 5.06. The summed E-state index contributed by atoms with van der Waals surface area (Å²) < 4.78 is 0. The van der Waals surface area contributed by atoms with Crippen molar-refractivity contribution in [1.82, 2.24) is 0 Å². The average molecular weight is 212 g/mol. The molecule has 0 N–H and O–H groups in total. The Morgan fingerprint density at radius 1 is 1.12 bits per heavy atom. The van der Waals surface area contributed by atoms with Crippen molar-refractivity contribution in [3.05, 3.63) is 35.9 Å². The normalized spacial score (nSPS) is 10.2. The second kappa shape index (κ2) is 7.14. The predicted octanol–water partition coefficient (Wildman–Crippen LogP) is 2.49. The fraction of sp³-hybridized carbons (Fsp3) is 0.333. The maximum atomic E-state index is 8.43. The van der Waals surface area contributed by atoms with Crippen LogP contribution in [-0.4, -0.2) is 12.6 Å². The van der Waals surface area contributed by atoms with E-state index < -0.39 is 6.04 Å². The van der Waals surface area contributed by atoms with Gasteiger partial charge in [-0.3, -0.25) is 0 Å². The van der Waals surface area contributed by atoms with Gasteiger partial charge >= 0.3 is 0 Å². The number of rotatable bonds is 5. The highest BCUT2D eigenvalue weighted by Gasteiger charge is 1.99. The number of hydrogen-bond donors (Lipinski definition) is 0. The highest BCUT2D eigenvalue weighted by atomic mass is 15.1. The molecule has 0 saturated carbocycles. The highest BCUT2D eigenvalue weighted by Crippen LogP contribution is 2.02. The number of benzene rings is 1. The average Bonchev–Trinajstić information content (AvgIpc) is 2.35. The van der Waals surface area contributed by atoms with E-state index in [9.17, 15) is 0 Å². The smallest absolute Gasteiger partial charge is 0.195 e. The molecule has 0 unspecified atom stereocenters. The van der Waals surface area contributed by atoms with Crippen LogP contribution in [0.15, 0.2) is 40.6 Å². The molecule has 0 spiro atoms. The molecule has 4 nitrogen and oxygen atoms in total. The van der Waals surface area contributed by atoms with Gasteiger partial charge in [0.1, 0.15) is 12.1 Å². The van der Waals surface area contributed by atoms with Crippen molar-refractivity contribution in [3.8, 4) is 12.1 Å². The zero-order chi connectivity index (χ0) is 11.6. The topological polar surface area (TPSA) is 72.3 Å². The second-order valence-corrected chi connectivity index (χ2v) is 3.23. The number of aryl methyl sites for hydroxylation is 1. The maximum absolute atomic E-state index is 8.43. The van der Waals surface area contributed by atoms with Gasteiger partial charge < -0.3 is 0 Å². The molecule has 0 aliphatic heterocycles. The summed E-state index contributed by atoms with van der Waals surface area (Å²) >= 11 is 0. The molecule has 16 heavy (non-hydrogen) atoms. The zero-order valence-corrected chi connectivity index (χ0v) is 8.87. The van der Waals surface area contributed by atoms with Crippen LogP contribution in [0.1, 0.15) is 12.0 Å². The minimum absolute atomic E-state index is 0.550. The molecule has 4 heteroatoms. The lowest BCUT2D eigenvalue weighted by Gasteiger charge is -1.97. The molecule has 0 aliphatic rings. The van der Waals surface area contributed by atoms with Gasteiger partial charge in [-0.2, -0.15) is 20.8 Å². The quantitative estimate of drug-likeness (QED) is 0.555. The highest BCUT2D eigenvalue weighted by molar-refractivity contribution is 5.14. The second-order valence-electron chi connectivity index (χ2n) is 3.23. The van der Waals surface area contributed by atoms with E-state index in [1.165, 1.54) is 5.56 Å². The van der Waals surface area contributed by atoms with Crippen LogP contribution in [0.5, 0.6) is 0 Å². The number of azo groups is 1. The molecule has 0 radical (unpaired) electrons. The summed E-state index contributed by atoms with van der Waals surface area (Å²) in [6.07, 6.45) is 1.81. The third kappa shape index (κ3) is 4.34. The summed E-state index contributed by atoms with van der Waals surface area (Å²) in [4.78, 5) is 0. The first-order chi connectivity index (χ1) is 7.86. The third-order valence-electron chi connectivity index (χ3n) is 2.01. The van der Waals surface area contributed by atoms with Gasteiger partial charge in [-0.1, -0.05) is 30.3 Å². The standard InChI is InChI=1S/C12H12N4/c13-9-12(10-14)16-15-8-4-7-11-5-2-1-3-6-11/h1-3,5-6,12H,4,7-8H2. The van der Waals surface area contributed by atoms with Crippen LogP contribution in [0.3, 0.4) is 0 Å². The zero-order valence-electron chi connectivity index (χ0n) is 8.87. The van der Waals surface area contributed by atoms with E-state index in [1.54, 1.807) is 12.1 Å². The molecule has 0 aliphatic carbocycles.